The monoisotopic (exact) mass is 369 g/mol. The van der Waals surface area contributed by atoms with Crippen LogP contribution in [0.4, 0.5) is 5.69 Å². The smallest absolute Gasteiger partial charge is 0.238 e. The molecule has 0 unspecified atom stereocenters. The molecule has 0 saturated heterocycles. The number of carbonyl (C=O) groups is 2. The van der Waals surface area contributed by atoms with Gasteiger partial charge in [-0.1, -0.05) is 6.08 Å². The zero-order valence-electron chi connectivity index (χ0n) is 16.4. The van der Waals surface area contributed by atoms with Gasteiger partial charge in [-0.25, -0.2) is 0 Å². The van der Waals surface area contributed by atoms with E-state index in [9.17, 15) is 9.59 Å². The number of ketones is 1. The molecule has 0 aliphatic heterocycles. The lowest BCUT2D eigenvalue weighted by Crippen LogP contribution is -2.34. The maximum Gasteiger partial charge on any atom is 0.238 e. The van der Waals surface area contributed by atoms with Gasteiger partial charge in [-0.15, -0.1) is 6.58 Å². The molecule has 1 aromatic heterocycles. The highest BCUT2D eigenvalue weighted by Gasteiger charge is 2.18. The minimum Gasteiger partial charge on any atom is -0.497 e. The van der Waals surface area contributed by atoms with Crippen LogP contribution in [0.1, 0.15) is 21.7 Å². The van der Waals surface area contributed by atoms with Crippen LogP contribution in [0.15, 0.2) is 43.0 Å². The van der Waals surface area contributed by atoms with E-state index in [1.54, 1.807) is 43.3 Å². The fourth-order valence-corrected chi connectivity index (χ4v) is 3.00. The highest BCUT2D eigenvalue weighted by molar-refractivity contribution is 5.99. The second kappa shape index (κ2) is 9.19. The van der Waals surface area contributed by atoms with Crippen molar-refractivity contribution >= 4 is 17.4 Å². The van der Waals surface area contributed by atoms with Crippen LogP contribution >= 0.6 is 0 Å². The Morgan fingerprint density at radius 2 is 1.89 bits per heavy atom. The second-order valence-corrected chi connectivity index (χ2v) is 6.56. The third-order valence-electron chi connectivity index (χ3n) is 4.39. The van der Waals surface area contributed by atoms with Gasteiger partial charge >= 0.3 is 0 Å². The van der Waals surface area contributed by atoms with Crippen molar-refractivity contribution in [3.8, 4) is 5.75 Å². The summed E-state index contributed by atoms with van der Waals surface area (Å²) in [6.07, 6.45) is 1.81. The van der Waals surface area contributed by atoms with Gasteiger partial charge in [0.25, 0.3) is 0 Å². The molecule has 0 bridgehead atoms. The first-order chi connectivity index (χ1) is 12.8. The number of methoxy groups -OCH3 is 1. The van der Waals surface area contributed by atoms with Crippen LogP contribution in [0, 0.1) is 13.8 Å². The number of benzene rings is 1. The number of rotatable bonds is 9. The quantitative estimate of drug-likeness (QED) is 0.545. The summed E-state index contributed by atoms with van der Waals surface area (Å²) in [5.74, 6) is 0.551. The minimum absolute atomic E-state index is 0.00170. The van der Waals surface area contributed by atoms with E-state index in [-0.39, 0.29) is 24.8 Å². The van der Waals surface area contributed by atoms with E-state index in [0.29, 0.717) is 17.8 Å². The molecule has 0 spiro atoms. The van der Waals surface area contributed by atoms with Crippen molar-refractivity contribution in [2.45, 2.75) is 20.4 Å². The highest BCUT2D eigenvalue weighted by Crippen LogP contribution is 2.17. The number of hydrogen-bond acceptors (Lipinski definition) is 4. The molecule has 1 N–H and O–H groups in total. The maximum atomic E-state index is 12.6. The van der Waals surface area contributed by atoms with E-state index in [4.69, 9.17) is 4.74 Å². The molecule has 6 nitrogen and oxygen atoms in total. The second-order valence-electron chi connectivity index (χ2n) is 6.56. The van der Waals surface area contributed by atoms with Crippen LogP contribution in [0.3, 0.4) is 0 Å². The Balaban J connectivity index is 1.93. The molecule has 0 aliphatic rings. The Labute approximate surface area is 160 Å². The van der Waals surface area contributed by atoms with Gasteiger partial charge in [0.05, 0.1) is 20.2 Å². The predicted molar refractivity (Wildman–Crippen MR) is 108 cm³/mol. The van der Waals surface area contributed by atoms with E-state index < -0.39 is 0 Å². The third-order valence-corrected chi connectivity index (χ3v) is 4.39. The molecule has 27 heavy (non-hydrogen) atoms. The normalized spacial score (nSPS) is 10.7. The summed E-state index contributed by atoms with van der Waals surface area (Å²) in [7, 11) is 3.35. The van der Waals surface area contributed by atoms with Crippen molar-refractivity contribution in [3.63, 3.8) is 0 Å². The van der Waals surface area contributed by atoms with E-state index in [1.165, 1.54) is 0 Å². The summed E-state index contributed by atoms with van der Waals surface area (Å²) >= 11 is 0. The fourth-order valence-electron chi connectivity index (χ4n) is 3.00. The van der Waals surface area contributed by atoms with E-state index in [1.807, 2.05) is 26.0 Å². The van der Waals surface area contributed by atoms with Crippen LogP contribution in [0.5, 0.6) is 5.75 Å². The van der Waals surface area contributed by atoms with Crippen molar-refractivity contribution in [2.24, 2.45) is 0 Å². The SMILES string of the molecule is C=CCn1c(C)cc(C(=O)CN(C)CC(=O)Nc2ccc(OC)cc2)c1C. The predicted octanol–water partition coefficient (Wildman–Crippen LogP) is 3.05. The summed E-state index contributed by atoms with van der Waals surface area (Å²) in [5, 5.41) is 2.82. The molecule has 0 fully saturated rings. The lowest BCUT2D eigenvalue weighted by molar-refractivity contribution is -0.116. The molecule has 2 rings (SSSR count). The minimum atomic E-state index is -0.174. The van der Waals surface area contributed by atoms with Crippen molar-refractivity contribution in [1.29, 1.82) is 0 Å². The number of aryl methyl sites for hydroxylation is 1. The van der Waals surface area contributed by atoms with Crippen molar-refractivity contribution in [1.82, 2.24) is 9.47 Å². The number of Topliss-reactive ketones (excluding diaryl/α,β-unsaturated/α-hetero) is 1. The average molecular weight is 369 g/mol. The van der Waals surface area contributed by atoms with Crippen LogP contribution in [0.2, 0.25) is 0 Å². The van der Waals surface area contributed by atoms with Crippen molar-refractivity contribution in [3.05, 3.63) is 59.9 Å². The van der Waals surface area contributed by atoms with Crippen LogP contribution in [-0.2, 0) is 11.3 Å². The number of nitrogens with one attached hydrogen (secondary N) is 1. The number of nitrogens with zero attached hydrogens (tertiary/aromatic N) is 2. The number of amides is 1. The molecule has 0 atom stereocenters. The Kier molecular flexibility index (Phi) is 6.96. The number of anilines is 1. The summed E-state index contributed by atoms with van der Waals surface area (Å²) in [4.78, 5) is 26.5. The van der Waals surface area contributed by atoms with Crippen LogP contribution in [0.25, 0.3) is 0 Å². The molecule has 2 aromatic rings. The Morgan fingerprint density at radius 3 is 2.48 bits per heavy atom. The number of likely N-dealkylation sites (N-methyl/N-ethyl adjacent to an activating group) is 1. The first kappa shape index (κ1) is 20.5. The molecule has 1 amide bonds. The molecular weight excluding hydrogens is 342 g/mol. The molecule has 1 heterocycles. The highest BCUT2D eigenvalue weighted by atomic mass is 16.5. The van der Waals surface area contributed by atoms with Gasteiger partial charge in [0, 0.05) is 29.2 Å². The zero-order chi connectivity index (χ0) is 20.0. The Morgan fingerprint density at radius 1 is 1.22 bits per heavy atom. The van der Waals surface area contributed by atoms with Crippen molar-refractivity contribution in [2.75, 3.05) is 32.6 Å². The number of allylic oxidation sites excluding steroid dienone is 1. The number of ether oxygens (including phenoxy) is 1. The van der Waals surface area contributed by atoms with E-state index in [2.05, 4.69) is 16.5 Å². The van der Waals surface area contributed by atoms with Gasteiger partial charge in [-0.05, 0) is 51.2 Å². The number of hydrogen-bond donors (Lipinski definition) is 1. The summed E-state index contributed by atoms with van der Waals surface area (Å²) in [5.41, 5.74) is 3.33. The van der Waals surface area contributed by atoms with Gasteiger partial charge in [-0.2, -0.15) is 0 Å². The fraction of sp³-hybridized carbons (Fsp3) is 0.333. The standard InChI is InChI=1S/C21H27N3O3/c1-6-11-24-15(2)12-19(16(24)3)20(25)13-23(4)14-21(26)22-17-7-9-18(27-5)10-8-17/h6-10,12H,1,11,13-14H2,2-5H3,(H,22,26). The Bertz CT molecular complexity index is 822. The first-order valence-corrected chi connectivity index (χ1v) is 8.79. The topological polar surface area (TPSA) is 63.6 Å². The molecule has 0 aliphatic carbocycles. The van der Waals surface area contributed by atoms with Crippen LogP contribution < -0.4 is 10.1 Å². The first-order valence-electron chi connectivity index (χ1n) is 8.79. The molecule has 144 valence electrons. The van der Waals surface area contributed by atoms with Crippen LogP contribution in [-0.4, -0.2) is 48.4 Å². The van der Waals surface area contributed by atoms with Gasteiger partial charge < -0.3 is 14.6 Å². The van der Waals surface area contributed by atoms with E-state index in [0.717, 1.165) is 17.1 Å². The maximum absolute atomic E-state index is 12.6. The largest absolute Gasteiger partial charge is 0.497 e. The lowest BCUT2D eigenvalue weighted by atomic mass is 10.1. The van der Waals surface area contributed by atoms with Gasteiger partial charge in [0.15, 0.2) is 5.78 Å². The number of carbonyl (C=O) groups excluding carboxylic acids is 2. The lowest BCUT2D eigenvalue weighted by Gasteiger charge is -2.16. The van der Waals surface area contributed by atoms with Gasteiger partial charge in [0.1, 0.15) is 5.75 Å². The number of aromatic nitrogens is 1. The van der Waals surface area contributed by atoms with Crippen molar-refractivity contribution < 1.29 is 14.3 Å². The van der Waals surface area contributed by atoms with Gasteiger partial charge in [-0.3, -0.25) is 14.5 Å². The zero-order valence-corrected chi connectivity index (χ0v) is 16.4. The average Bonchev–Trinajstić information content (AvgIpc) is 2.90. The molecular formula is C21H27N3O3. The summed E-state index contributed by atoms with van der Waals surface area (Å²) in [6, 6.07) is 9.00. The molecule has 6 heteroatoms. The Hall–Kier alpha value is -2.86. The summed E-state index contributed by atoms with van der Waals surface area (Å²) in [6.45, 7) is 8.63. The molecule has 1 aromatic carbocycles. The molecule has 0 radical (unpaired) electrons. The van der Waals surface area contributed by atoms with Gasteiger partial charge in [0.2, 0.25) is 5.91 Å². The molecule has 0 saturated carbocycles. The summed E-state index contributed by atoms with van der Waals surface area (Å²) < 4.78 is 7.15. The van der Waals surface area contributed by atoms with E-state index >= 15 is 0 Å². The third kappa shape index (κ3) is 5.31.